The average Bonchev–Trinajstić information content (AvgIpc) is 3.39. The first-order valence-corrected chi connectivity index (χ1v) is 9.76. The zero-order valence-electron chi connectivity index (χ0n) is 17.0. The van der Waals surface area contributed by atoms with Crippen LogP contribution in [0.1, 0.15) is 22.8 Å². The van der Waals surface area contributed by atoms with Crippen molar-refractivity contribution in [2.45, 2.75) is 19.8 Å². The summed E-state index contributed by atoms with van der Waals surface area (Å²) in [6, 6.07) is 10.4. The van der Waals surface area contributed by atoms with E-state index in [9.17, 15) is 13.6 Å². The van der Waals surface area contributed by atoms with Crippen LogP contribution in [0.4, 0.5) is 20.4 Å². The summed E-state index contributed by atoms with van der Waals surface area (Å²) in [6.45, 7) is 1.40. The summed E-state index contributed by atoms with van der Waals surface area (Å²) in [5.41, 5.74) is 4.01. The van der Waals surface area contributed by atoms with Gasteiger partial charge in [-0.3, -0.25) is 9.89 Å². The minimum absolute atomic E-state index is 0.291. The molecule has 0 fully saturated rings. The molecule has 2 heterocycles. The normalized spacial score (nSPS) is 11.3. The lowest BCUT2D eigenvalue weighted by Crippen LogP contribution is -2.28. The predicted molar refractivity (Wildman–Crippen MR) is 114 cm³/mol. The molecule has 0 spiro atoms. The van der Waals surface area contributed by atoms with Gasteiger partial charge in [-0.15, -0.1) is 5.10 Å². The topological polar surface area (TPSA) is 101 Å². The molecule has 0 saturated heterocycles. The third kappa shape index (κ3) is 4.23. The van der Waals surface area contributed by atoms with Crippen LogP contribution in [-0.4, -0.2) is 43.8 Å². The van der Waals surface area contributed by atoms with Crippen molar-refractivity contribution in [1.82, 2.24) is 30.3 Å². The molecule has 0 aliphatic carbocycles. The fourth-order valence-corrected chi connectivity index (χ4v) is 3.35. The minimum Gasteiger partial charge on any atom is -0.346 e. The van der Waals surface area contributed by atoms with Crippen molar-refractivity contribution >= 4 is 28.4 Å². The van der Waals surface area contributed by atoms with Gasteiger partial charge in [-0.25, -0.2) is 13.5 Å². The van der Waals surface area contributed by atoms with Crippen molar-refractivity contribution in [3.05, 3.63) is 53.7 Å². The van der Waals surface area contributed by atoms with Crippen LogP contribution in [0, 0.1) is 0 Å². The van der Waals surface area contributed by atoms with Crippen LogP contribution in [0.15, 0.2) is 42.6 Å². The highest BCUT2D eigenvalue weighted by Crippen LogP contribution is 2.28. The summed E-state index contributed by atoms with van der Waals surface area (Å²) in [5.74, 6) is 0.489. The van der Waals surface area contributed by atoms with Crippen LogP contribution in [-0.2, 0) is 13.5 Å². The third-order valence-electron chi connectivity index (χ3n) is 4.92. The van der Waals surface area contributed by atoms with Gasteiger partial charge in [0.2, 0.25) is 5.95 Å². The van der Waals surface area contributed by atoms with Gasteiger partial charge in [0.25, 0.3) is 12.3 Å². The van der Waals surface area contributed by atoms with E-state index in [1.807, 2.05) is 12.1 Å². The lowest BCUT2D eigenvalue weighted by atomic mass is 10.1. The molecule has 31 heavy (non-hydrogen) atoms. The molecule has 8 nitrogen and oxygen atoms in total. The summed E-state index contributed by atoms with van der Waals surface area (Å²) in [5, 5.41) is 18.1. The summed E-state index contributed by atoms with van der Waals surface area (Å²) in [7, 11) is 1.78. The number of hydrogen-bond donors (Lipinski definition) is 3. The largest absolute Gasteiger partial charge is 0.346 e. The van der Waals surface area contributed by atoms with Crippen molar-refractivity contribution in [3.63, 3.8) is 0 Å². The van der Waals surface area contributed by atoms with E-state index in [-0.39, 0.29) is 0 Å². The zero-order chi connectivity index (χ0) is 22.0. The minimum atomic E-state index is -2.59. The van der Waals surface area contributed by atoms with Gasteiger partial charge in [-0.1, -0.05) is 19.1 Å². The summed E-state index contributed by atoms with van der Waals surface area (Å²) in [4.78, 5) is 16.5. The van der Waals surface area contributed by atoms with E-state index in [1.165, 1.54) is 0 Å². The fourth-order valence-electron chi connectivity index (χ4n) is 3.35. The van der Waals surface area contributed by atoms with Crippen LogP contribution in [0.2, 0.25) is 0 Å². The number of aromatic nitrogens is 5. The number of H-pyrrole nitrogens is 1. The number of alkyl halides is 2. The van der Waals surface area contributed by atoms with Crippen LogP contribution >= 0.6 is 0 Å². The number of anilines is 2. The molecule has 0 aliphatic heterocycles. The average molecular weight is 425 g/mol. The first kappa shape index (κ1) is 20.5. The number of nitrogens with one attached hydrogen (secondary N) is 3. The van der Waals surface area contributed by atoms with Crippen LogP contribution < -0.4 is 10.6 Å². The first-order chi connectivity index (χ1) is 15.0. The Bertz CT molecular complexity index is 1210. The summed E-state index contributed by atoms with van der Waals surface area (Å²) < 4.78 is 26.1. The Morgan fingerprint density at radius 1 is 1.19 bits per heavy atom. The van der Waals surface area contributed by atoms with Crippen LogP contribution in [0.5, 0.6) is 0 Å². The molecule has 0 bridgehead atoms. The van der Waals surface area contributed by atoms with E-state index in [0.717, 1.165) is 28.6 Å². The molecule has 3 N–H and O–H groups in total. The number of hydrogen-bond acceptors (Lipinski definition) is 5. The number of carbonyl (C=O) groups is 1. The molecule has 10 heteroatoms. The number of aryl methyl sites for hydroxylation is 2. The van der Waals surface area contributed by atoms with Gasteiger partial charge < -0.3 is 10.6 Å². The zero-order valence-corrected chi connectivity index (χ0v) is 17.0. The van der Waals surface area contributed by atoms with Gasteiger partial charge in [0.05, 0.1) is 18.3 Å². The van der Waals surface area contributed by atoms with E-state index in [1.54, 1.807) is 42.2 Å². The Hall–Kier alpha value is -3.82. The van der Waals surface area contributed by atoms with Crippen molar-refractivity contribution in [2.75, 3.05) is 11.9 Å². The Balaban J connectivity index is 1.55. The van der Waals surface area contributed by atoms with Crippen molar-refractivity contribution < 1.29 is 13.6 Å². The molecule has 4 aromatic rings. The number of carbonyl (C=O) groups excluding carboxylic acids is 1. The predicted octanol–water partition coefficient (Wildman–Crippen LogP) is 3.66. The highest BCUT2D eigenvalue weighted by molar-refractivity contribution is 5.94. The third-order valence-corrected chi connectivity index (χ3v) is 4.92. The Morgan fingerprint density at radius 2 is 1.97 bits per heavy atom. The molecule has 0 saturated carbocycles. The van der Waals surface area contributed by atoms with Gasteiger partial charge in [0.1, 0.15) is 0 Å². The highest BCUT2D eigenvalue weighted by Gasteiger charge is 2.14. The molecule has 160 valence electrons. The molecule has 0 unspecified atom stereocenters. The van der Waals surface area contributed by atoms with E-state index in [0.29, 0.717) is 22.9 Å². The quantitative estimate of drug-likeness (QED) is 0.420. The highest BCUT2D eigenvalue weighted by atomic mass is 19.3. The van der Waals surface area contributed by atoms with E-state index >= 15 is 0 Å². The maximum absolute atomic E-state index is 12.3. The van der Waals surface area contributed by atoms with Gasteiger partial charge >= 0.3 is 0 Å². The maximum atomic E-state index is 12.3. The summed E-state index contributed by atoms with van der Waals surface area (Å²) >= 11 is 0. The summed E-state index contributed by atoms with van der Waals surface area (Å²) in [6.07, 6.45) is 0.0359. The van der Waals surface area contributed by atoms with Crippen molar-refractivity contribution in [2.24, 2.45) is 7.05 Å². The molecular formula is C21H21F2N7O. The molecular weight excluding hydrogens is 404 g/mol. The molecule has 0 radical (unpaired) electrons. The number of aromatic amines is 1. The van der Waals surface area contributed by atoms with E-state index in [2.05, 4.69) is 37.8 Å². The number of halogens is 2. The molecule has 2 aromatic heterocycles. The number of amides is 1. The van der Waals surface area contributed by atoms with Crippen LogP contribution in [0.3, 0.4) is 0 Å². The number of benzene rings is 2. The van der Waals surface area contributed by atoms with E-state index in [4.69, 9.17) is 0 Å². The van der Waals surface area contributed by atoms with Gasteiger partial charge in [-0.2, -0.15) is 10.1 Å². The second kappa shape index (κ2) is 8.50. The molecule has 1 amide bonds. The number of rotatable bonds is 7. The fraction of sp³-hybridized carbons (Fsp3) is 0.238. The standard InChI is InChI=1S/C21H21F2N7O/c1-3-14-15-10-25-28-17(15)9-8-16(14)26-21-27-19(29-30(21)2)12-4-6-13(7-5-12)20(31)24-11-18(22)23/h4-10,18H,3,11H2,1-2H3,(H,24,31)(H,25,28)(H,26,27,29). The Kier molecular flexibility index (Phi) is 5.61. The molecule has 0 aliphatic rings. The molecule has 2 aromatic carbocycles. The number of nitrogens with zero attached hydrogens (tertiary/aromatic N) is 4. The first-order valence-electron chi connectivity index (χ1n) is 9.76. The SMILES string of the molecule is CCc1c(Nc2nc(-c3ccc(C(=O)NCC(F)F)cc3)nn2C)ccc2[nH]ncc12. The van der Waals surface area contributed by atoms with Gasteiger partial charge in [0.15, 0.2) is 5.82 Å². The Morgan fingerprint density at radius 3 is 2.68 bits per heavy atom. The second-order valence-corrected chi connectivity index (χ2v) is 6.96. The van der Waals surface area contributed by atoms with Crippen LogP contribution in [0.25, 0.3) is 22.3 Å². The number of fused-ring (bicyclic) bond motifs is 1. The lowest BCUT2D eigenvalue weighted by molar-refractivity contribution is 0.0891. The van der Waals surface area contributed by atoms with Gasteiger partial charge in [-0.05, 0) is 36.2 Å². The van der Waals surface area contributed by atoms with Gasteiger partial charge in [0, 0.05) is 29.2 Å². The second-order valence-electron chi connectivity index (χ2n) is 6.96. The van der Waals surface area contributed by atoms with E-state index < -0.39 is 18.9 Å². The Labute approximate surface area is 176 Å². The van der Waals surface area contributed by atoms with Crippen molar-refractivity contribution in [1.29, 1.82) is 0 Å². The monoisotopic (exact) mass is 425 g/mol. The van der Waals surface area contributed by atoms with Crippen molar-refractivity contribution in [3.8, 4) is 11.4 Å². The lowest BCUT2D eigenvalue weighted by Gasteiger charge is -2.10. The smallest absolute Gasteiger partial charge is 0.255 e. The molecule has 4 rings (SSSR count). The molecule has 0 atom stereocenters. The maximum Gasteiger partial charge on any atom is 0.255 e.